The second kappa shape index (κ2) is 8.37. The van der Waals surface area contributed by atoms with Gasteiger partial charge in [-0.2, -0.15) is 0 Å². The minimum Gasteiger partial charge on any atom is -0.326 e. The molecule has 1 heterocycles. The molecule has 1 aromatic heterocycles. The number of pyridine rings is 1. The zero-order valence-electron chi connectivity index (χ0n) is 14.4. The van der Waals surface area contributed by atoms with Crippen molar-refractivity contribution in [3.63, 3.8) is 0 Å². The van der Waals surface area contributed by atoms with Crippen molar-refractivity contribution in [3.05, 3.63) is 63.4 Å². The Kier molecular flexibility index (Phi) is 5.52. The first-order valence-corrected chi connectivity index (χ1v) is 8.05. The number of azide groups is 2. The van der Waals surface area contributed by atoms with E-state index < -0.39 is 11.8 Å². The summed E-state index contributed by atoms with van der Waals surface area (Å²) in [4.78, 5) is 33.0. The summed E-state index contributed by atoms with van der Waals surface area (Å²) in [6, 6.07) is 12.3. The summed E-state index contributed by atoms with van der Waals surface area (Å²) < 4.78 is 0. The van der Waals surface area contributed by atoms with Crippen LogP contribution < -0.4 is 10.6 Å². The number of nitrogens with one attached hydrogen (secondary N) is 2. The second-order valence-electron chi connectivity index (χ2n) is 5.68. The fraction of sp³-hybridized carbons (Fsp3) is 0.118. The number of hydrogen-bond acceptors (Lipinski definition) is 5. The van der Waals surface area contributed by atoms with Crippen molar-refractivity contribution < 1.29 is 9.59 Å². The molecular weight excluding hydrogens is 362 g/mol. The van der Waals surface area contributed by atoms with Gasteiger partial charge in [0.2, 0.25) is 11.8 Å². The van der Waals surface area contributed by atoms with Crippen molar-refractivity contribution in [2.24, 2.45) is 10.2 Å². The molecule has 0 bridgehead atoms. The Morgan fingerprint density at radius 2 is 1.29 bits per heavy atom. The normalized spacial score (nSPS) is 10.0. The molecule has 0 atom stereocenters. The minimum atomic E-state index is -0.420. The number of rotatable bonds is 6. The second-order valence-corrected chi connectivity index (χ2v) is 5.68. The van der Waals surface area contributed by atoms with Crippen LogP contribution in [-0.4, -0.2) is 29.9 Å². The maximum atomic E-state index is 11.7. The molecule has 0 spiro atoms. The lowest BCUT2D eigenvalue weighted by Crippen LogP contribution is -2.14. The van der Waals surface area contributed by atoms with Gasteiger partial charge in [0, 0.05) is 32.0 Å². The molecule has 0 fully saturated rings. The quantitative estimate of drug-likeness (QED) is 0.289. The Hall–Kier alpha value is -4.33. The van der Waals surface area contributed by atoms with Crippen molar-refractivity contribution >= 4 is 45.0 Å². The number of hydrogen-bond donors (Lipinski definition) is 2. The Labute approximate surface area is 157 Å². The van der Waals surface area contributed by atoms with Gasteiger partial charge in [0.05, 0.1) is 11.0 Å². The lowest BCUT2D eigenvalue weighted by Gasteiger charge is -2.08. The summed E-state index contributed by atoms with van der Waals surface area (Å²) in [5, 5.41) is 13.3. The van der Waals surface area contributed by atoms with Crippen LogP contribution in [-0.2, 0) is 9.59 Å². The summed E-state index contributed by atoms with van der Waals surface area (Å²) in [5.41, 5.74) is 19.1. The third-order valence-electron chi connectivity index (χ3n) is 3.73. The molecule has 0 saturated carbocycles. The van der Waals surface area contributed by atoms with Crippen LogP contribution in [0, 0.1) is 0 Å². The Morgan fingerprint density at radius 3 is 1.71 bits per heavy atom. The van der Waals surface area contributed by atoms with Crippen molar-refractivity contribution in [2.45, 2.75) is 0 Å². The van der Waals surface area contributed by atoms with Gasteiger partial charge in [0.25, 0.3) is 0 Å². The van der Waals surface area contributed by atoms with Crippen molar-refractivity contribution in [1.29, 1.82) is 0 Å². The third-order valence-corrected chi connectivity index (χ3v) is 3.73. The number of fused-ring (bicyclic) bond motifs is 2. The third kappa shape index (κ3) is 4.44. The standard InChI is InChI=1S/C17H13N9O2/c18-25-20-8-16(27)22-12-1-3-14-10(6-12)5-11-7-13(2-4-15(11)24-14)23-17(28)9-21-26-19/h1-7H,8-9H2,(H,22,27)(H,23,28). The van der Waals surface area contributed by atoms with Gasteiger partial charge < -0.3 is 10.6 Å². The fourth-order valence-corrected chi connectivity index (χ4v) is 2.59. The summed E-state index contributed by atoms with van der Waals surface area (Å²) in [5.74, 6) is -0.841. The van der Waals surface area contributed by atoms with E-state index in [2.05, 4.69) is 35.7 Å². The van der Waals surface area contributed by atoms with Crippen LogP contribution in [0.2, 0.25) is 0 Å². The highest BCUT2D eigenvalue weighted by Gasteiger charge is 2.06. The van der Waals surface area contributed by atoms with Gasteiger partial charge in [-0.3, -0.25) is 9.59 Å². The minimum absolute atomic E-state index is 0.288. The highest BCUT2D eigenvalue weighted by molar-refractivity contribution is 6.00. The summed E-state index contributed by atoms with van der Waals surface area (Å²) in [6.45, 7) is -0.577. The van der Waals surface area contributed by atoms with Gasteiger partial charge in [-0.25, -0.2) is 4.98 Å². The van der Waals surface area contributed by atoms with Crippen LogP contribution in [0.25, 0.3) is 42.7 Å². The van der Waals surface area contributed by atoms with E-state index >= 15 is 0 Å². The maximum Gasteiger partial charge on any atom is 0.230 e. The monoisotopic (exact) mass is 375 g/mol. The fourth-order valence-electron chi connectivity index (χ4n) is 2.59. The summed E-state index contributed by atoms with van der Waals surface area (Å²) in [7, 11) is 0. The molecule has 11 heteroatoms. The van der Waals surface area contributed by atoms with E-state index in [4.69, 9.17) is 11.1 Å². The lowest BCUT2D eigenvalue weighted by atomic mass is 10.1. The highest BCUT2D eigenvalue weighted by atomic mass is 16.2. The number of carbonyl (C=O) groups excluding carboxylic acids is 2. The highest BCUT2D eigenvalue weighted by Crippen LogP contribution is 2.25. The zero-order chi connectivity index (χ0) is 19.9. The predicted molar refractivity (Wildman–Crippen MR) is 105 cm³/mol. The average Bonchev–Trinajstić information content (AvgIpc) is 2.69. The van der Waals surface area contributed by atoms with E-state index in [1.54, 1.807) is 36.4 Å². The molecule has 3 aromatic rings. The largest absolute Gasteiger partial charge is 0.326 e. The SMILES string of the molecule is [N-]=[N+]=NCC(=O)Nc1ccc2nc3ccc(NC(=O)CN=[N+]=[N-])cc3cc2c1. The topological polar surface area (TPSA) is 169 Å². The maximum absolute atomic E-state index is 11.7. The van der Waals surface area contributed by atoms with Crippen LogP contribution in [0.5, 0.6) is 0 Å². The average molecular weight is 375 g/mol. The molecule has 2 aromatic carbocycles. The molecule has 0 saturated heterocycles. The smallest absolute Gasteiger partial charge is 0.230 e. The van der Waals surface area contributed by atoms with Gasteiger partial charge >= 0.3 is 0 Å². The molecule has 0 aliphatic carbocycles. The Morgan fingerprint density at radius 1 is 0.821 bits per heavy atom. The molecule has 11 nitrogen and oxygen atoms in total. The van der Waals surface area contributed by atoms with Crippen molar-refractivity contribution in [3.8, 4) is 0 Å². The molecule has 0 aliphatic heterocycles. The van der Waals surface area contributed by atoms with Crippen LogP contribution in [0.4, 0.5) is 11.4 Å². The molecule has 28 heavy (non-hydrogen) atoms. The molecule has 138 valence electrons. The molecular formula is C17H13N9O2. The van der Waals surface area contributed by atoms with Crippen LogP contribution in [0.3, 0.4) is 0 Å². The first kappa shape index (κ1) is 18.5. The van der Waals surface area contributed by atoms with E-state index in [0.717, 1.165) is 21.8 Å². The molecule has 0 unspecified atom stereocenters. The number of anilines is 2. The molecule has 2 amide bonds. The van der Waals surface area contributed by atoms with Crippen LogP contribution in [0.15, 0.2) is 52.7 Å². The van der Waals surface area contributed by atoms with Gasteiger partial charge in [-0.1, -0.05) is 10.2 Å². The Bertz CT molecular complexity index is 1090. The number of benzene rings is 2. The number of aromatic nitrogens is 1. The zero-order valence-corrected chi connectivity index (χ0v) is 14.4. The van der Waals surface area contributed by atoms with Crippen molar-refractivity contribution in [1.82, 2.24) is 4.98 Å². The lowest BCUT2D eigenvalue weighted by molar-refractivity contribution is -0.115. The van der Waals surface area contributed by atoms with Gasteiger partial charge in [-0.05, 0) is 53.5 Å². The van der Waals surface area contributed by atoms with E-state index in [9.17, 15) is 9.59 Å². The molecule has 0 aliphatic rings. The summed E-state index contributed by atoms with van der Waals surface area (Å²) in [6.07, 6.45) is 0. The molecule has 0 radical (unpaired) electrons. The van der Waals surface area contributed by atoms with E-state index in [1.165, 1.54) is 0 Å². The van der Waals surface area contributed by atoms with Gasteiger partial charge in [0.1, 0.15) is 13.1 Å². The first-order valence-electron chi connectivity index (χ1n) is 8.05. The number of nitrogens with zero attached hydrogens (tertiary/aromatic N) is 7. The molecule has 2 N–H and O–H groups in total. The van der Waals surface area contributed by atoms with Crippen LogP contribution >= 0.6 is 0 Å². The van der Waals surface area contributed by atoms with Crippen LogP contribution in [0.1, 0.15) is 0 Å². The van der Waals surface area contributed by atoms with Crippen molar-refractivity contribution in [2.75, 3.05) is 23.7 Å². The predicted octanol–water partition coefficient (Wildman–Crippen LogP) is 3.89. The van der Waals surface area contributed by atoms with E-state index in [0.29, 0.717) is 11.4 Å². The van der Waals surface area contributed by atoms with E-state index in [-0.39, 0.29) is 13.1 Å². The Balaban J connectivity index is 1.89. The molecule has 3 rings (SSSR count). The van der Waals surface area contributed by atoms with Gasteiger partial charge in [-0.15, -0.1) is 0 Å². The van der Waals surface area contributed by atoms with Gasteiger partial charge in [0.15, 0.2) is 0 Å². The first-order chi connectivity index (χ1) is 13.6. The summed E-state index contributed by atoms with van der Waals surface area (Å²) >= 11 is 0. The van der Waals surface area contributed by atoms with E-state index in [1.807, 2.05) is 6.07 Å². The number of carbonyl (C=O) groups is 2. The number of amides is 2.